The second-order valence-electron chi connectivity index (χ2n) is 8.39. The quantitative estimate of drug-likeness (QED) is 0.331. The Labute approximate surface area is 207 Å². The fourth-order valence-corrected chi connectivity index (χ4v) is 4.68. The van der Waals surface area contributed by atoms with Crippen LogP contribution in [-0.4, -0.2) is 48.4 Å². The lowest BCUT2D eigenvalue weighted by atomic mass is 10.1. The van der Waals surface area contributed by atoms with E-state index in [1.807, 2.05) is 59.5 Å². The molecule has 1 heterocycles. The summed E-state index contributed by atoms with van der Waals surface area (Å²) in [5, 5.41) is 2.05. The van der Waals surface area contributed by atoms with E-state index in [0.717, 1.165) is 16.9 Å². The summed E-state index contributed by atoms with van der Waals surface area (Å²) in [6.07, 6.45) is 1.59. The predicted octanol–water partition coefficient (Wildman–Crippen LogP) is 5.33. The maximum absolute atomic E-state index is 13.6. The Balaban J connectivity index is 1.80. The summed E-state index contributed by atoms with van der Waals surface area (Å²) in [5.41, 5.74) is 4.03. The zero-order valence-corrected chi connectivity index (χ0v) is 21.1. The number of hydrogen-bond acceptors (Lipinski definition) is 4. The molecule has 0 fully saturated rings. The van der Waals surface area contributed by atoms with Gasteiger partial charge in [-0.25, -0.2) is 0 Å². The van der Waals surface area contributed by atoms with Crippen molar-refractivity contribution < 1.29 is 14.3 Å². The highest BCUT2D eigenvalue weighted by Crippen LogP contribution is 2.20. The minimum absolute atomic E-state index is 0.0370. The zero-order valence-electron chi connectivity index (χ0n) is 20.3. The van der Waals surface area contributed by atoms with Crippen LogP contribution in [0.25, 0.3) is 0 Å². The Morgan fingerprint density at radius 3 is 2.26 bits per heavy atom. The van der Waals surface area contributed by atoms with Crippen molar-refractivity contribution in [2.75, 3.05) is 26.8 Å². The lowest BCUT2D eigenvalue weighted by molar-refractivity contribution is -0.133. The largest absolute Gasteiger partial charge is 0.385 e. The summed E-state index contributed by atoms with van der Waals surface area (Å²) in [6.45, 7) is 6.22. The van der Waals surface area contributed by atoms with Crippen molar-refractivity contribution in [1.82, 2.24) is 9.80 Å². The third kappa shape index (κ3) is 7.27. The smallest absolute Gasteiger partial charge is 0.254 e. The number of rotatable bonds is 12. The van der Waals surface area contributed by atoms with E-state index in [-0.39, 0.29) is 18.4 Å². The van der Waals surface area contributed by atoms with E-state index in [1.165, 1.54) is 11.1 Å². The summed E-state index contributed by atoms with van der Waals surface area (Å²) in [4.78, 5) is 31.6. The first-order valence-electron chi connectivity index (χ1n) is 11.7. The minimum Gasteiger partial charge on any atom is -0.385 e. The van der Waals surface area contributed by atoms with Crippen LogP contribution in [0, 0.1) is 6.92 Å². The first-order chi connectivity index (χ1) is 16.5. The minimum atomic E-state index is -0.126. The van der Waals surface area contributed by atoms with Gasteiger partial charge in [0.05, 0.1) is 6.54 Å². The van der Waals surface area contributed by atoms with E-state index in [2.05, 4.69) is 25.3 Å². The lowest BCUT2D eigenvalue weighted by Gasteiger charge is -2.28. The fourth-order valence-electron chi connectivity index (χ4n) is 3.76. The van der Waals surface area contributed by atoms with Crippen molar-refractivity contribution >= 4 is 23.2 Å². The van der Waals surface area contributed by atoms with Crippen molar-refractivity contribution in [2.45, 2.75) is 39.8 Å². The highest BCUT2D eigenvalue weighted by Gasteiger charge is 2.23. The van der Waals surface area contributed by atoms with E-state index in [0.29, 0.717) is 38.2 Å². The molecular weight excluding hydrogens is 444 g/mol. The number of ether oxygens (including phenoxy) is 1. The molecule has 1 aromatic heterocycles. The number of carbonyl (C=O) groups excluding carboxylic acids is 2. The number of nitrogens with zero attached hydrogens (tertiary/aromatic N) is 2. The van der Waals surface area contributed by atoms with Gasteiger partial charge in [-0.05, 0) is 60.0 Å². The van der Waals surface area contributed by atoms with Gasteiger partial charge >= 0.3 is 0 Å². The summed E-state index contributed by atoms with van der Waals surface area (Å²) in [5.74, 6) is -0.188. The van der Waals surface area contributed by atoms with Crippen LogP contribution in [0.5, 0.6) is 0 Å². The van der Waals surface area contributed by atoms with Gasteiger partial charge in [0.25, 0.3) is 5.91 Å². The first-order valence-corrected chi connectivity index (χ1v) is 12.6. The van der Waals surface area contributed by atoms with Gasteiger partial charge in [0.1, 0.15) is 6.54 Å². The lowest BCUT2D eigenvalue weighted by Crippen LogP contribution is -2.43. The van der Waals surface area contributed by atoms with Gasteiger partial charge < -0.3 is 14.5 Å². The number of amides is 2. The first kappa shape index (κ1) is 25.7. The molecule has 0 N–H and O–H groups in total. The van der Waals surface area contributed by atoms with Crippen molar-refractivity contribution in [3.8, 4) is 0 Å². The molecule has 2 aromatic carbocycles. The van der Waals surface area contributed by atoms with Gasteiger partial charge in [-0.1, -0.05) is 49.4 Å². The molecule has 0 radical (unpaired) electrons. The molecule has 0 aliphatic rings. The summed E-state index contributed by atoms with van der Waals surface area (Å²) in [6, 6.07) is 19.7. The number of aryl methyl sites for hydroxylation is 2. The number of carbonyl (C=O) groups is 2. The Morgan fingerprint density at radius 2 is 1.65 bits per heavy atom. The number of thiophene rings is 1. The van der Waals surface area contributed by atoms with Gasteiger partial charge in [-0.3, -0.25) is 9.59 Å². The highest BCUT2D eigenvalue weighted by atomic mass is 32.1. The highest BCUT2D eigenvalue weighted by molar-refractivity contribution is 7.10. The molecule has 3 aromatic rings. The Hall–Kier alpha value is -2.96. The second-order valence-corrected chi connectivity index (χ2v) is 9.39. The maximum Gasteiger partial charge on any atom is 0.254 e. The Morgan fingerprint density at radius 1 is 0.912 bits per heavy atom. The molecule has 0 aliphatic carbocycles. The van der Waals surface area contributed by atoms with Crippen LogP contribution in [0.15, 0.2) is 66.0 Å². The van der Waals surface area contributed by atoms with Crippen LogP contribution in [0.4, 0.5) is 0 Å². The van der Waals surface area contributed by atoms with E-state index < -0.39 is 0 Å². The Bertz CT molecular complexity index is 1050. The predicted molar refractivity (Wildman–Crippen MR) is 138 cm³/mol. The van der Waals surface area contributed by atoms with Gasteiger partial charge in [0.15, 0.2) is 0 Å². The third-order valence-electron chi connectivity index (χ3n) is 5.87. The SMILES string of the molecule is CCc1ccc(C(=O)N(CCCOC)CC(=O)N(Cc2ccccc2)Cc2sccc2C)cc1. The molecule has 5 nitrogen and oxygen atoms in total. The molecule has 0 aliphatic heterocycles. The van der Waals surface area contributed by atoms with Crippen LogP contribution in [-0.2, 0) is 29.0 Å². The van der Waals surface area contributed by atoms with Crippen LogP contribution in [0.2, 0.25) is 0 Å². The molecule has 0 atom stereocenters. The zero-order chi connectivity index (χ0) is 24.3. The fraction of sp³-hybridized carbons (Fsp3) is 0.357. The molecule has 0 saturated heterocycles. The van der Waals surface area contributed by atoms with Crippen LogP contribution in [0.3, 0.4) is 0 Å². The van der Waals surface area contributed by atoms with Gasteiger partial charge in [-0.15, -0.1) is 11.3 Å². The van der Waals surface area contributed by atoms with Gasteiger partial charge in [-0.2, -0.15) is 0 Å². The van der Waals surface area contributed by atoms with Crippen molar-refractivity contribution in [1.29, 1.82) is 0 Å². The second kappa shape index (κ2) is 13.1. The normalized spacial score (nSPS) is 10.8. The number of methoxy groups -OCH3 is 1. The van der Waals surface area contributed by atoms with E-state index in [4.69, 9.17) is 4.74 Å². The molecular formula is C28H34N2O3S. The van der Waals surface area contributed by atoms with Crippen LogP contribution < -0.4 is 0 Å². The molecule has 2 amide bonds. The monoisotopic (exact) mass is 478 g/mol. The summed E-state index contributed by atoms with van der Waals surface area (Å²) in [7, 11) is 1.64. The summed E-state index contributed by atoms with van der Waals surface area (Å²) >= 11 is 1.66. The molecule has 0 spiro atoms. The summed E-state index contributed by atoms with van der Waals surface area (Å²) < 4.78 is 5.19. The van der Waals surface area contributed by atoms with Gasteiger partial charge in [0, 0.05) is 37.2 Å². The number of hydrogen-bond donors (Lipinski definition) is 0. The molecule has 6 heteroatoms. The number of benzene rings is 2. The topological polar surface area (TPSA) is 49.9 Å². The molecule has 0 saturated carbocycles. The van der Waals surface area contributed by atoms with Crippen molar-refractivity contribution in [3.63, 3.8) is 0 Å². The van der Waals surface area contributed by atoms with Crippen LogP contribution >= 0.6 is 11.3 Å². The van der Waals surface area contributed by atoms with Crippen molar-refractivity contribution in [3.05, 3.63) is 93.2 Å². The molecule has 3 rings (SSSR count). The average Bonchev–Trinajstić information content (AvgIpc) is 3.27. The molecule has 34 heavy (non-hydrogen) atoms. The maximum atomic E-state index is 13.6. The van der Waals surface area contributed by atoms with Crippen molar-refractivity contribution in [2.24, 2.45) is 0 Å². The van der Waals surface area contributed by atoms with E-state index in [9.17, 15) is 9.59 Å². The van der Waals surface area contributed by atoms with E-state index >= 15 is 0 Å². The standard InChI is InChI=1S/C28H34N2O3S/c1-4-23-11-13-25(14-12-23)28(32)29(16-8-17-33-3)21-27(31)30(19-24-9-6-5-7-10-24)20-26-22(2)15-18-34-26/h5-7,9-15,18H,4,8,16-17,19-21H2,1-3H3. The molecule has 180 valence electrons. The average molecular weight is 479 g/mol. The third-order valence-corrected chi connectivity index (χ3v) is 6.88. The molecule has 0 unspecified atom stereocenters. The van der Waals surface area contributed by atoms with E-state index in [1.54, 1.807) is 23.3 Å². The Kier molecular flexibility index (Phi) is 9.86. The molecule has 0 bridgehead atoms. The van der Waals surface area contributed by atoms with Gasteiger partial charge in [0.2, 0.25) is 5.91 Å². The van der Waals surface area contributed by atoms with Crippen LogP contribution in [0.1, 0.15) is 45.3 Å².